The number of benzene rings is 1. The van der Waals surface area contributed by atoms with Crippen LogP contribution in [0.3, 0.4) is 0 Å². The highest BCUT2D eigenvalue weighted by atomic mass is 19.1. The number of aliphatic hydroxyl groups excluding tert-OH is 1. The van der Waals surface area contributed by atoms with Crippen LogP contribution in [-0.2, 0) is 0 Å². The second kappa shape index (κ2) is 8.87. The molecule has 0 radical (unpaired) electrons. The number of halogens is 1. The average molecular weight is 357 g/mol. The number of aliphatic hydroxyl groups is 1. The van der Waals surface area contributed by atoms with E-state index in [1.165, 1.54) is 6.07 Å². The number of nitrogens with one attached hydrogen (secondary N) is 1. The van der Waals surface area contributed by atoms with Crippen LogP contribution in [0.15, 0.2) is 42.6 Å². The summed E-state index contributed by atoms with van der Waals surface area (Å²) in [6, 6.07) is 9.87. The minimum absolute atomic E-state index is 0.157. The number of amides is 1. The Morgan fingerprint density at radius 1 is 1.27 bits per heavy atom. The van der Waals surface area contributed by atoms with Gasteiger partial charge in [0.15, 0.2) is 0 Å². The topological polar surface area (TPSA) is 65.5 Å². The normalized spacial score (nSPS) is 17.8. The van der Waals surface area contributed by atoms with Gasteiger partial charge in [0.1, 0.15) is 11.5 Å². The van der Waals surface area contributed by atoms with Crippen LogP contribution in [0.4, 0.5) is 4.39 Å². The molecule has 1 saturated heterocycles. The Hall–Kier alpha value is -2.31. The predicted octanol–water partition coefficient (Wildman–Crippen LogP) is 2.46. The summed E-state index contributed by atoms with van der Waals surface area (Å²) in [6.45, 7) is 2.39. The Balaban J connectivity index is 1.54. The Bertz CT molecular complexity index is 736. The number of pyridine rings is 1. The lowest BCUT2D eigenvalue weighted by atomic mass is 10.0. The molecule has 3 rings (SSSR count). The molecule has 1 aliphatic rings. The van der Waals surface area contributed by atoms with Crippen molar-refractivity contribution in [2.24, 2.45) is 0 Å². The average Bonchev–Trinajstić information content (AvgIpc) is 2.69. The van der Waals surface area contributed by atoms with Gasteiger partial charge in [-0.25, -0.2) is 4.39 Å². The number of piperidine rings is 1. The van der Waals surface area contributed by atoms with Crippen molar-refractivity contribution in [3.63, 3.8) is 0 Å². The lowest BCUT2D eigenvalue weighted by Crippen LogP contribution is -2.45. The van der Waals surface area contributed by atoms with Crippen LogP contribution >= 0.6 is 0 Å². The fourth-order valence-corrected chi connectivity index (χ4v) is 3.35. The second-order valence-electron chi connectivity index (χ2n) is 6.54. The first-order valence-corrected chi connectivity index (χ1v) is 9.03. The van der Waals surface area contributed by atoms with Gasteiger partial charge in [-0.3, -0.25) is 14.7 Å². The van der Waals surface area contributed by atoms with Gasteiger partial charge < -0.3 is 10.4 Å². The molecule has 2 aromatic rings. The summed E-state index contributed by atoms with van der Waals surface area (Å²) in [6.07, 6.45) is 4.84. The van der Waals surface area contributed by atoms with Gasteiger partial charge in [-0.2, -0.15) is 0 Å². The smallest absolute Gasteiger partial charge is 0.251 e. The van der Waals surface area contributed by atoms with Gasteiger partial charge in [0.05, 0.1) is 6.61 Å². The Morgan fingerprint density at radius 2 is 2.08 bits per heavy atom. The van der Waals surface area contributed by atoms with Crippen LogP contribution in [0.5, 0.6) is 0 Å². The third kappa shape index (κ3) is 4.45. The SMILES string of the molecule is O=C(NCCN1CCCCC1CO)c1ccc(-c2ncccc2F)cc1. The molecular formula is C20H24FN3O2. The molecule has 0 bridgehead atoms. The summed E-state index contributed by atoms with van der Waals surface area (Å²) in [7, 11) is 0. The van der Waals surface area contributed by atoms with Crippen molar-refractivity contribution in [2.45, 2.75) is 25.3 Å². The van der Waals surface area contributed by atoms with E-state index in [1.54, 1.807) is 36.5 Å². The van der Waals surface area contributed by atoms with E-state index in [0.717, 1.165) is 32.4 Å². The van der Waals surface area contributed by atoms with Gasteiger partial charge in [0.2, 0.25) is 0 Å². The van der Waals surface area contributed by atoms with Gasteiger partial charge in [-0.15, -0.1) is 0 Å². The molecule has 26 heavy (non-hydrogen) atoms. The van der Waals surface area contributed by atoms with Crippen LogP contribution < -0.4 is 5.32 Å². The number of hydrogen-bond donors (Lipinski definition) is 2. The van der Waals surface area contributed by atoms with Crippen molar-refractivity contribution in [1.82, 2.24) is 15.2 Å². The summed E-state index contributed by atoms with van der Waals surface area (Å²) < 4.78 is 13.8. The zero-order chi connectivity index (χ0) is 18.4. The van der Waals surface area contributed by atoms with Crippen LogP contribution in [0.25, 0.3) is 11.3 Å². The highest BCUT2D eigenvalue weighted by Crippen LogP contribution is 2.20. The molecule has 1 aliphatic heterocycles. The zero-order valence-electron chi connectivity index (χ0n) is 14.7. The van der Waals surface area contributed by atoms with Crippen molar-refractivity contribution in [3.05, 3.63) is 54.0 Å². The fourth-order valence-electron chi connectivity index (χ4n) is 3.35. The molecule has 1 atom stereocenters. The predicted molar refractivity (Wildman–Crippen MR) is 98.3 cm³/mol. The molecule has 5 nitrogen and oxygen atoms in total. The minimum atomic E-state index is -0.385. The summed E-state index contributed by atoms with van der Waals surface area (Å²) in [4.78, 5) is 18.6. The number of rotatable bonds is 6. The lowest BCUT2D eigenvalue weighted by molar-refractivity contribution is 0.0849. The Labute approximate surface area is 152 Å². The van der Waals surface area contributed by atoms with E-state index in [4.69, 9.17) is 0 Å². The highest BCUT2D eigenvalue weighted by Gasteiger charge is 2.21. The number of carbonyl (C=O) groups is 1. The molecule has 1 unspecified atom stereocenters. The van der Waals surface area contributed by atoms with Gasteiger partial charge in [0.25, 0.3) is 5.91 Å². The van der Waals surface area contributed by atoms with E-state index in [0.29, 0.717) is 17.7 Å². The van der Waals surface area contributed by atoms with Crippen LogP contribution in [0.2, 0.25) is 0 Å². The minimum Gasteiger partial charge on any atom is -0.395 e. The molecule has 0 spiro atoms. The quantitative estimate of drug-likeness (QED) is 0.834. The first-order chi connectivity index (χ1) is 12.7. The number of hydrogen-bond acceptors (Lipinski definition) is 4. The van der Waals surface area contributed by atoms with Crippen molar-refractivity contribution < 1.29 is 14.3 Å². The second-order valence-corrected chi connectivity index (χ2v) is 6.54. The maximum absolute atomic E-state index is 13.8. The molecule has 1 fully saturated rings. The summed E-state index contributed by atoms with van der Waals surface area (Å²) in [5.41, 5.74) is 1.45. The summed E-state index contributed by atoms with van der Waals surface area (Å²) >= 11 is 0. The number of carbonyl (C=O) groups excluding carboxylic acids is 1. The zero-order valence-corrected chi connectivity index (χ0v) is 14.7. The molecule has 2 N–H and O–H groups in total. The van der Waals surface area contributed by atoms with Gasteiger partial charge in [-0.1, -0.05) is 18.6 Å². The van der Waals surface area contributed by atoms with Crippen molar-refractivity contribution in [3.8, 4) is 11.3 Å². The van der Waals surface area contributed by atoms with E-state index in [2.05, 4.69) is 15.2 Å². The van der Waals surface area contributed by atoms with E-state index < -0.39 is 0 Å². The Kier molecular flexibility index (Phi) is 6.30. The number of likely N-dealkylation sites (tertiary alicyclic amines) is 1. The van der Waals surface area contributed by atoms with E-state index in [9.17, 15) is 14.3 Å². The third-order valence-corrected chi connectivity index (χ3v) is 4.82. The van der Waals surface area contributed by atoms with E-state index in [1.807, 2.05) is 0 Å². The van der Waals surface area contributed by atoms with Crippen molar-refractivity contribution in [1.29, 1.82) is 0 Å². The molecule has 2 heterocycles. The monoisotopic (exact) mass is 357 g/mol. The first-order valence-electron chi connectivity index (χ1n) is 9.03. The molecule has 1 aromatic carbocycles. The van der Waals surface area contributed by atoms with Crippen LogP contribution in [-0.4, -0.2) is 53.2 Å². The van der Waals surface area contributed by atoms with Gasteiger partial charge in [-0.05, 0) is 43.7 Å². The molecule has 138 valence electrons. The molecule has 1 aromatic heterocycles. The molecular weight excluding hydrogens is 333 g/mol. The number of nitrogens with zero attached hydrogens (tertiary/aromatic N) is 2. The number of aromatic nitrogens is 1. The molecule has 6 heteroatoms. The van der Waals surface area contributed by atoms with Crippen LogP contribution in [0, 0.1) is 5.82 Å². The largest absolute Gasteiger partial charge is 0.395 e. The summed E-state index contributed by atoms with van der Waals surface area (Å²) in [5.74, 6) is -0.541. The van der Waals surface area contributed by atoms with E-state index in [-0.39, 0.29) is 30.1 Å². The van der Waals surface area contributed by atoms with E-state index >= 15 is 0 Å². The van der Waals surface area contributed by atoms with Gasteiger partial charge in [0, 0.05) is 36.5 Å². The summed E-state index contributed by atoms with van der Waals surface area (Å²) in [5, 5.41) is 12.3. The molecule has 0 aliphatic carbocycles. The van der Waals surface area contributed by atoms with Crippen molar-refractivity contribution >= 4 is 5.91 Å². The first kappa shape index (κ1) is 18.5. The molecule has 1 amide bonds. The fraction of sp³-hybridized carbons (Fsp3) is 0.400. The standard InChI is InChI=1S/C20H24FN3O2/c21-18-5-3-10-22-19(18)15-6-8-16(9-7-15)20(26)23-11-13-24-12-2-1-4-17(24)14-25/h3,5-10,17,25H,1-2,4,11-14H2,(H,23,26). The Morgan fingerprint density at radius 3 is 2.81 bits per heavy atom. The third-order valence-electron chi connectivity index (χ3n) is 4.82. The maximum atomic E-state index is 13.8. The molecule has 0 saturated carbocycles. The lowest BCUT2D eigenvalue weighted by Gasteiger charge is -2.34. The van der Waals surface area contributed by atoms with Crippen molar-refractivity contribution in [2.75, 3.05) is 26.2 Å². The maximum Gasteiger partial charge on any atom is 0.251 e. The van der Waals surface area contributed by atoms with Crippen LogP contribution in [0.1, 0.15) is 29.6 Å². The van der Waals surface area contributed by atoms with Gasteiger partial charge >= 0.3 is 0 Å². The highest BCUT2D eigenvalue weighted by molar-refractivity contribution is 5.94.